The van der Waals surface area contributed by atoms with Crippen LogP contribution in [-0.4, -0.2) is 58.3 Å². The summed E-state index contributed by atoms with van der Waals surface area (Å²) in [6.45, 7) is 3.24. The van der Waals surface area contributed by atoms with E-state index in [0.717, 1.165) is 33.0 Å². The molecule has 2 heterocycles. The molecule has 0 atom stereocenters. The molecule has 1 aliphatic rings. The van der Waals surface area contributed by atoms with Gasteiger partial charge in [0.25, 0.3) is 11.8 Å². The number of thiophene rings is 1. The van der Waals surface area contributed by atoms with E-state index in [0.29, 0.717) is 17.5 Å². The largest absolute Gasteiger partial charge is 0.331 e. The highest BCUT2D eigenvalue weighted by molar-refractivity contribution is 7.80. The van der Waals surface area contributed by atoms with Gasteiger partial charge >= 0.3 is 5.97 Å². The Hall–Kier alpha value is -3.76. The number of nitrogens with zero attached hydrogens (tertiary/aromatic N) is 3. The van der Waals surface area contributed by atoms with Gasteiger partial charge in [0.15, 0.2) is 5.11 Å². The number of carbonyl (C=O) groups is 4. The third-order valence-corrected chi connectivity index (χ3v) is 7.72. The lowest BCUT2D eigenvalue weighted by Crippen LogP contribution is -2.52. The zero-order chi connectivity index (χ0) is 26.9. The smallest absolute Gasteiger partial charge is 0.318 e. The summed E-state index contributed by atoms with van der Waals surface area (Å²) >= 11 is 6.73. The van der Waals surface area contributed by atoms with Crippen LogP contribution >= 0.6 is 23.6 Å². The van der Waals surface area contributed by atoms with Crippen molar-refractivity contribution >= 4 is 84.2 Å². The fourth-order valence-corrected chi connectivity index (χ4v) is 5.23. The van der Waals surface area contributed by atoms with Crippen LogP contribution in [0.15, 0.2) is 47.1 Å². The van der Waals surface area contributed by atoms with Crippen LogP contribution < -0.4 is 0 Å². The standard InChI is InChI=1S/C27H25N3O5S2/c1-5-6-7-21(28-35-15(2)31)24(32)17-9-11-23-19(14-17)18-12-16(8-10-22(18)37-23)13-20-25(33)29(3)27(36)30(4)26(20)34/h8-14H,5-7H2,1-4H3/b28-21+. The number of fused-ring (bicyclic) bond motifs is 3. The molecule has 0 radical (unpaired) electrons. The molecule has 2 amide bonds. The highest BCUT2D eigenvalue weighted by Gasteiger charge is 2.35. The zero-order valence-corrected chi connectivity index (χ0v) is 22.5. The summed E-state index contributed by atoms with van der Waals surface area (Å²) in [5.74, 6) is -1.79. The SMILES string of the molecule is CCCC/C(=N\OC(C)=O)C(=O)c1ccc2sc3ccc(C=C4C(=O)N(C)C(=S)N(C)C4=O)cc3c2c1. The quantitative estimate of drug-likeness (QED) is 0.0808. The minimum absolute atomic E-state index is 0.0237. The Balaban J connectivity index is 1.75. The lowest BCUT2D eigenvalue weighted by molar-refractivity contribution is -0.141. The number of ketones is 1. The van der Waals surface area contributed by atoms with Crippen molar-refractivity contribution in [1.82, 2.24) is 9.80 Å². The molecule has 0 aliphatic carbocycles. The second-order valence-electron chi connectivity index (χ2n) is 8.69. The fraction of sp³-hybridized carbons (Fsp3) is 0.259. The maximum Gasteiger partial charge on any atom is 0.331 e. The van der Waals surface area contributed by atoms with Gasteiger partial charge in [0.05, 0.1) is 0 Å². The minimum atomic E-state index is -0.586. The number of oxime groups is 1. The van der Waals surface area contributed by atoms with Gasteiger partial charge in [-0.1, -0.05) is 24.6 Å². The number of Topliss-reactive ketones (excluding diaryl/α,β-unsaturated/α-hetero) is 1. The highest BCUT2D eigenvalue weighted by Crippen LogP contribution is 2.35. The van der Waals surface area contributed by atoms with Crippen LogP contribution in [0.5, 0.6) is 0 Å². The van der Waals surface area contributed by atoms with E-state index in [1.54, 1.807) is 29.5 Å². The maximum absolute atomic E-state index is 13.2. The minimum Gasteiger partial charge on any atom is -0.318 e. The van der Waals surface area contributed by atoms with Gasteiger partial charge in [-0.25, -0.2) is 4.79 Å². The van der Waals surface area contributed by atoms with Gasteiger partial charge in [-0.2, -0.15) is 0 Å². The van der Waals surface area contributed by atoms with Crippen LogP contribution in [0, 0.1) is 0 Å². The molecule has 0 saturated carbocycles. The number of likely N-dealkylation sites (N-methyl/N-ethyl adjacent to an activating group) is 2. The molecular formula is C27H25N3O5S2. The van der Waals surface area contributed by atoms with Crippen molar-refractivity contribution in [3.05, 3.63) is 53.1 Å². The lowest BCUT2D eigenvalue weighted by atomic mass is 10.00. The Bertz CT molecular complexity index is 1510. The first-order valence-corrected chi connectivity index (χ1v) is 12.9. The van der Waals surface area contributed by atoms with E-state index in [4.69, 9.17) is 17.1 Å². The van der Waals surface area contributed by atoms with E-state index in [2.05, 4.69) is 5.16 Å². The fourth-order valence-electron chi connectivity index (χ4n) is 4.00. The second-order valence-corrected chi connectivity index (χ2v) is 10.1. The normalized spacial score (nSPS) is 14.6. The average Bonchev–Trinajstić information content (AvgIpc) is 3.25. The molecule has 8 nitrogen and oxygen atoms in total. The van der Waals surface area contributed by atoms with Crippen LogP contribution in [0.25, 0.3) is 26.2 Å². The maximum atomic E-state index is 13.2. The molecule has 37 heavy (non-hydrogen) atoms. The van der Waals surface area contributed by atoms with Gasteiger partial charge in [-0.3, -0.25) is 24.2 Å². The number of amides is 2. The van der Waals surface area contributed by atoms with Crippen LogP contribution in [0.1, 0.15) is 49.0 Å². The van der Waals surface area contributed by atoms with Crippen molar-refractivity contribution in [2.24, 2.45) is 5.16 Å². The number of benzene rings is 2. The van der Waals surface area contributed by atoms with Gasteiger partial charge in [-0.05, 0) is 67.0 Å². The Morgan fingerprint density at radius 1 is 1.03 bits per heavy atom. The number of thiocarbonyl (C=S) groups is 1. The van der Waals surface area contributed by atoms with Crippen molar-refractivity contribution in [2.75, 3.05) is 14.1 Å². The third kappa shape index (κ3) is 5.21. The summed E-state index contributed by atoms with van der Waals surface area (Å²) in [6.07, 6.45) is 3.56. The van der Waals surface area contributed by atoms with Crippen molar-refractivity contribution in [3.8, 4) is 0 Å². The molecule has 10 heteroatoms. The molecule has 1 aliphatic heterocycles. The Labute approximate surface area is 223 Å². The zero-order valence-electron chi connectivity index (χ0n) is 20.9. The lowest BCUT2D eigenvalue weighted by Gasteiger charge is -2.31. The Morgan fingerprint density at radius 3 is 2.27 bits per heavy atom. The third-order valence-electron chi connectivity index (χ3n) is 6.02. The summed E-state index contributed by atoms with van der Waals surface area (Å²) < 4.78 is 1.98. The number of rotatable bonds is 7. The molecule has 0 N–H and O–H groups in total. The molecule has 0 unspecified atom stereocenters. The van der Waals surface area contributed by atoms with Crippen molar-refractivity contribution in [3.63, 3.8) is 0 Å². The van der Waals surface area contributed by atoms with Gasteiger partial charge in [0.1, 0.15) is 11.3 Å². The van der Waals surface area contributed by atoms with Crippen LogP contribution in [0.2, 0.25) is 0 Å². The van der Waals surface area contributed by atoms with E-state index in [1.807, 2.05) is 31.2 Å². The number of hydrogen-bond acceptors (Lipinski definition) is 8. The van der Waals surface area contributed by atoms with Crippen LogP contribution in [-0.2, 0) is 19.2 Å². The number of hydrogen-bond donors (Lipinski definition) is 0. The molecule has 1 saturated heterocycles. The molecule has 0 spiro atoms. The summed E-state index contributed by atoms with van der Waals surface area (Å²) in [4.78, 5) is 57.2. The molecule has 0 bridgehead atoms. The van der Waals surface area contributed by atoms with E-state index >= 15 is 0 Å². The molecular weight excluding hydrogens is 510 g/mol. The van der Waals surface area contributed by atoms with E-state index in [1.165, 1.54) is 30.8 Å². The Morgan fingerprint density at radius 2 is 1.65 bits per heavy atom. The van der Waals surface area contributed by atoms with E-state index < -0.39 is 17.8 Å². The number of carbonyl (C=O) groups excluding carboxylic acids is 4. The van der Waals surface area contributed by atoms with Crippen molar-refractivity contribution < 1.29 is 24.0 Å². The predicted octanol–water partition coefficient (Wildman–Crippen LogP) is 4.95. The molecule has 1 aromatic heterocycles. The summed E-state index contributed by atoms with van der Waals surface area (Å²) in [5.41, 5.74) is 1.33. The first kappa shape index (κ1) is 26.3. The van der Waals surface area contributed by atoms with Gasteiger partial charge in [0.2, 0.25) is 5.78 Å². The molecule has 2 aromatic carbocycles. The highest BCUT2D eigenvalue weighted by atomic mass is 32.1. The second kappa shape index (κ2) is 10.7. The molecule has 4 rings (SSSR count). The average molecular weight is 536 g/mol. The van der Waals surface area contributed by atoms with Gasteiger partial charge in [-0.15, -0.1) is 11.3 Å². The van der Waals surface area contributed by atoms with Crippen molar-refractivity contribution in [2.45, 2.75) is 33.1 Å². The summed E-state index contributed by atoms with van der Waals surface area (Å²) in [6, 6.07) is 11.1. The molecule has 190 valence electrons. The Kier molecular flexibility index (Phi) is 7.60. The van der Waals surface area contributed by atoms with Gasteiger partial charge < -0.3 is 4.84 Å². The topological polar surface area (TPSA) is 96.3 Å². The monoisotopic (exact) mass is 535 g/mol. The molecule has 3 aromatic rings. The summed E-state index contributed by atoms with van der Waals surface area (Å²) in [5, 5.41) is 5.72. The van der Waals surface area contributed by atoms with Crippen LogP contribution in [0.3, 0.4) is 0 Å². The predicted molar refractivity (Wildman–Crippen MR) is 149 cm³/mol. The number of unbranched alkanes of at least 4 members (excludes halogenated alkanes) is 1. The van der Waals surface area contributed by atoms with Gasteiger partial charge in [0, 0.05) is 46.8 Å². The summed E-state index contributed by atoms with van der Waals surface area (Å²) in [7, 11) is 3.07. The van der Waals surface area contributed by atoms with Crippen LogP contribution in [0.4, 0.5) is 0 Å². The van der Waals surface area contributed by atoms with E-state index in [-0.39, 0.29) is 22.2 Å². The first-order valence-electron chi connectivity index (χ1n) is 11.7. The van der Waals surface area contributed by atoms with E-state index in [9.17, 15) is 19.2 Å². The first-order chi connectivity index (χ1) is 17.6. The van der Waals surface area contributed by atoms with Crippen molar-refractivity contribution in [1.29, 1.82) is 0 Å². The molecule has 1 fully saturated rings.